The van der Waals surface area contributed by atoms with Gasteiger partial charge in [0, 0.05) is 25.2 Å². The number of anilines is 1. The van der Waals surface area contributed by atoms with Crippen LogP contribution in [0, 0.1) is 10.1 Å². The molecule has 1 rings (SSSR count). The van der Waals surface area contributed by atoms with Gasteiger partial charge in [-0.25, -0.2) is 0 Å². The van der Waals surface area contributed by atoms with Crippen LogP contribution in [0.4, 0.5) is 11.4 Å². The summed E-state index contributed by atoms with van der Waals surface area (Å²) in [7, 11) is 1.68. The lowest BCUT2D eigenvalue weighted by Gasteiger charge is -2.25. The van der Waals surface area contributed by atoms with Crippen LogP contribution < -0.4 is 11.3 Å². The summed E-state index contributed by atoms with van der Waals surface area (Å²) in [6.45, 7) is 3.98. The molecule has 0 aliphatic rings. The van der Waals surface area contributed by atoms with E-state index in [-0.39, 0.29) is 23.2 Å². The molecule has 0 heterocycles. The first-order valence-corrected chi connectivity index (χ1v) is 6.44. The fourth-order valence-corrected chi connectivity index (χ4v) is 1.95. The molecule has 7 nitrogen and oxygen atoms in total. The number of nitrogens with two attached hydrogens (primary N) is 1. The van der Waals surface area contributed by atoms with Crippen LogP contribution in [-0.2, 0) is 0 Å². The fraction of sp³-hybridized carbons (Fsp3) is 0.462. The Balaban J connectivity index is 3.12. The molecule has 7 heteroatoms. The lowest BCUT2D eigenvalue weighted by Crippen LogP contribution is -2.35. The summed E-state index contributed by atoms with van der Waals surface area (Å²) in [5, 5.41) is 10.8. The van der Waals surface area contributed by atoms with Crippen molar-refractivity contribution in [1.82, 2.24) is 4.90 Å². The van der Waals surface area contributed by atoms with Crippen molar-refractivity contribution in [2.45, 2.75) is 32.7 Å². The van der Waals surface area contributed by atoms with E-state index in [0.717, 1.165) is 12.8 Å². The minimum absolute atomic E-state index is 0.0531. The van der Waals surface area contributed by atoms with E-state index in [1.165, 1.54) is 18.2 Å². The van der Waals surface area contributed by atoms with Crippen molar-refractivity contribution in [1.29, 1.82) is 0 Å². The van der Waals surface area contributed by atoms with Gasteiger partial charge in [-0.2, -0.15) is 0 Å². The lowest BCUT2D eigenvalue weighted by atomic mass is 10.1. The molecule has 0 aromatic heterocycles. The molecule has 1 amide bonds. The summed E-state index contributed by atoms with van der Waals surface area (Å²) < 4.78 is 0. The summed E-state index contributed by atoms with van der Waals surface area (Å²) in [5.74, 6) is 5.07. The van der Waals surface area contributed by atoms with Crippen molar-refractivity contribution in [3.05, 3.63) is 33.9 Å². The third kappa shape index (κ3) is 3.45. The molecule has 20 heavy (non-hydrogen) atoms. The molecule has 0 fully saturated rings. The highest BCUT2D eigenvalue weighted by Crippen LogP contribution is 2.23. The summed E-state index contributed by atoms with van der Waals surface area (Å²) in [4.78, 5) is 24.3. The SMILES string of the molecule is CCCC(C)N(C)C(=O)c1cc([N+](=O)[O-])ccc1NN. The van der Waals surface area contributed by atoms with Gasteiger partial charge in [0.25, 0.3) is 11.6 Å². The van der Waals surface area contributed by atoms with E-state index in [9.17, 15) is 14.9 Å². The first kappa shape index (κ1) is 15.9. The molecule has 0 radical (unpaired) electrons. The highest BCUT2D eigenvalue weighted by Gasteiger charge is 2.22. The number of nitrogens with zero attached hydrogens (tertiary/aromatic N) is 2. The first-order valence-electron chi connectivity index (χ1n) is 6.44. The topological polar surface area (TPSA) is 102 Å². The molecule has 0 bridgehead atoms. The number of carbonyl (C=O) groups excluding carboxylic acids is 1. The molecule has 0 aliphatic carbocycles. The number of rotatable bonds is 6. The average molecular weight is 280 g/mol. The number of hydrazine groups is 1. The van der Waals surface area contributed by atoms with Gasteiger partial charge in [-0.05, 0) is 19.4 Å². The van der Waals surface area contributed by atoms with E-state index in [2.05, 4.69) is 5.43 Å². The van der Waals surface area contributed by atoms with Crippen molar-refractivity contribution < 1.29 is 9.72 Å². The second-order valence-corrected chi connectivity index (χ2v) is 4.69. The van der Waals surface area contributed by atoms with E-state index in [1.807, 2.05) is 13.8 Å². The molecule has 110 valence electrons. The molecule has 1 atom stereocenters. The number of carbonyl (C=O) groups is 1. The predicted octanol–water partition coefficient (Wildman–Crippen LogP) is 2.14. The summed E-state index contributed by atoms with van der Waals surface area (Å²) in [6.07, 6.45) is 1.82. The third-order valence-electron chi connectivity index (χ3n) is 3.29. The van der Waals surface area contributed by atoms with Crippen LogP contribution in [0.25, 0.3) is 0 Å². The van der Waals surface area contributed by atoms with Crippen LogP contribution in [-0.4, -0.2) is 28.8 Å². The van der Waals surface area contributed by atoms with Crippen LogP contribution in [0.5, 0.6) is 0 Å². The Kier molecular flexibility index (Phi) is 5.45. The van der Waals surface area contributed by atoms with Crippen LogP contribution in [0.1, 0.15) is 37.0 Å². The number of hydrogen-bond acceptors (Lipinski definition) is 5. The molecular weight excluding hydrogens is 260 g/mol. The smallest absolute Gasteiger partial charge is 0.270 e. The Morgan fingerprint density at radius 2 is 2.20 bits per heavy atom. The number of non-ortho nitro benzene ring substituents is 1. The van der Waals surface area contributed by atoms with Gasteiger partial charge >= 0.3 is 0 Å². The van der Waals surface area contributed by atoms with Crippen molar-refractivity contribution in [3.63, 3.8) is 0 Å². The largest absolute Gasteiger partial charge is 0.339 e. The Bertz CT molecular complexity index is 504. The fourth-order valence-electron chi connectivity index (χ4n) is 1.95. The van der Waals surface area contributed by atoms with Gasteiger partial charge < -0.3 is 10.3 Å². The first-order chi connectivity index (χ1) is 9.42. The molecule has 1 aromatic rings. The standard InChI is InChI=1S/C13H20N4O3/c1-4-5-9(2)16(3)13(18)11-8-10(17(19)20)6-7-12(11)15-14/h6-9,15H,4-5,14H2,1-3H3. The second-order valence-electron chi connectivity index (χ2n) is 4.69. The predicted molar refractivity (Wildman–Crippen MR) is 77.4 cm³/mol. The molecular formula is C13H20N4O3. The third-order valence-corrected chi connectivity index (χ3v) is 3.29. The van der Waals surface area contributed by atoms with Gasteiger partial charge in [0.15, 0.2) is 0 Å². The van der Waals surface area contributed by atoms with Gasteiger partial charge in [-0.3, -0.25) is 20.8 Å². The number of nitro groups is 1. The van der Waals surface area contributed by atoms with Crippen molar-refractivity contribution >= 4 is 17.3 Å². The van der Waals surface area contributed by atoms with Crippen molar-refractivity contribution in [2.24, 2.45) is 5.84 Å². The number of nitrogens with one attached hydrogen (secondary N) is 1. The number of amides is 1. The van der Waals surface area contributed by atoms with Gasteiger partial charge in [-0.15, -0.1) is 0 Å². The van der Waals surface area contributed by atoms with E-state index < -0.39 is 4.92 Å². The highest BCUT2D eigenvalue weighted by atomic mass is 16.6. The zero-order valence-electron chi connectivity index (χ0n) is 11.9. The maximum atomic E-state index is 12.4. The van der Waals surface area contributed by atoms with Crippen LogP contribution in [0.2, 0.25) is 0 Å². The normalized spacial score (nSPS) is 11.8. The minimum atomic E-state index is -0.535. The molecule has 1 aromatic carbocycles. The van der Waals surface area contributed by atoms with E-state index >= 15 is 0 Å². The number of benzene rings is 1. The van der Waals surface area contributed by atoms with Crippen molar-refractivity contribution in [2.75, 3.05) is 12.5 Å². The quantitative estimate of drug-likeness (QED) is 0.472. The van der Waals surface area contributed by atoms with E-state index in [1.54, 1.807) is 11.9 Å². The Hall–Kier alpha value is -2.15. The lowest BCUT2D eigenvalue weighted by molar-refractivity contribution is -0.384. The maximum absolute atomic E-state index is 12.4. The number of nitrogen functional groups attached to an aromatic ring is 1. The van der Waals surface area contributed by atoms with E-state index in [0.29, 0.717) is 5.69 Å². The Morgan fingerprint density at radius 3 is 2.70 bits per heavy atom. The van der Waals surface area contributed by atoms with E-state index in [4.69, 9.17) is 5.84 Å². The Morgan fingerprint density at radius 1 is 1.55 bits per heavy atom. The monoisotopic (exact) mass is 280 g/mol. The van der Waals surface area contributed by atoms with Crippen LogP contribution in [0.3, 0.4) is 0 Å². The highest BCUT2D eigenvalue weighted by molar-refractivity contribution is 6.00. The molecule has 3 N–H and O–H groups in total. The zero-order valence-corrected chi connectivity index (χ0v) is 11.9. The molecule has 0 saturated carbocycles. The molecule has 0 spiro atoms. The van der Waals surface area contributed by atoms with Gasteiger partial charge in [0.2, 0.25) is 0 Å². The summed E-state index contributed by atoms with van der Waals surface area (Å²) in [6, 6.07) is 4.04. The molecule has 0 aliphatic heterocycles. The second kappa shape index (κ2) is 6.85. The van der Waals surface area contributed by atoms with Crippen LogP contribution >= 0.6 is 0 Å². The van der Waals surface area contributed by atoms with Gasteiger partial charge in [0.1, 0.15) is 0 Å². The van der Waals surface area contributed by atoms with Crippen molar-refractivity contribution in [3.8, 4) is 0 Å². The van der Waals surface area contributed by atoms with Gasteiger partial charge in [-0.1, -0.05) is 13.3 Å². The van der Waals surface area contributed by atoms with Crippen LogP contribution in [0.15, 0.2) is 18.2 Å². The maximum Gasteiger partial charge on any atom is 0.270 e. The molecule has 0 saturated heterocycles. The molecule has 1 unspecified atom stereocenters. The summed E-state index contributed by atoms with van der Waals surface area (Å²) in [5.41, 5.74) is 2.84. The summed E-state index contributed by atoms with van der Waals surface area (Å²) >= 11 is 0. The average Bonchev–Trinajstić information content (AvgIpc) is 2.45. The number of nitro benzene ring substituents is 1. The van der Waals surface area contributed by atoms with Gasteiger partial charge in [0.05, 0.1) is 16.2 Å². The number of hydrogen-bond donors (Lipinski definition) is 2. The zero-order chi connectivity index (χ0) is 15.3. The Labute approximate surface area is 117 Å². The minimum Gasteiger partial charge on any atom is -0.339 e.